The van der Waals surface area contributed by atoms with Gasteiger partial charge in [0.25, 0.3) is 0 Å². The molecule has 5 nitrogen and oxygen atoms in total. The lowest BCUT2D eigenvalue weighted by atomic mass is 9.89. The predicted octanol–water partition coefficient (Wildman–Crippen LogP) is 0.503. The lowest BCUT2D eigenvalue weighted by Crippen LogP contribution is -2.55. The van der Waals surface area contributed by atoms with Crippen molar-refractivity contribution < 1.29 is 9.59 Å². The molecule has 1 aromatic rings. The number of primary amides is 1. The summed E-state index contributed by atoms with van der Waals surface area (Å²) in [5.74, 6) is -0.783. The summed E-state index contributed by atoms with van der Waals surface area (Å²) in [5, 5.41) is 6.02. The Bertz CT molecular complexity index is 483. The van der Waals surface area contributed by atoms with E-state index in [0.717, 1.165) is 19.4 Å². The van der Waals surface area contributed by atoms with Gasteiger partial charge in [-0.25, -0.2) is 0 Å². The molecular weight excluding hydrogens is 254 g/mol. The minimum absolute atomic E-state index is 0.105. The Morgan fingerprint density at radius 3 is 2.60 bits per heavy atom. The molecule has 1 heterocycles. The third-order valence-electron chi connectivity index (χ3n) is 3.88. The average molecular weight is 275 g/mol. The lowest BCUT2D eigenvalue weighted by Gasteiger charge is -2.31. The molecule has 1 fully saturated rings. The van der Waals surface area contributed by atoms with E-state index >= 15 is 0 Å². The van der Waals surface area contributed by atoms with Crippen LogP contribution in [-0.4, -0.2) is 24.9 Å². The first kappa shape index (κ1) is 14.5. The van der Waals surface area contributed by atoms with E-state index in [1.165, 1.54) is 0 Å². The molecule has 2 amide bonds. The normalized spacial score (nSPS) is 21.8. The second kappa shape index (κ2) is 6.05. The summed E-state index contributed by atoms with van der Waals surface area (Å²) in [7, 11) is 0. The fraction of sp³-hybridized carbons (Fsp3) is 0.467. The molecule has 5 heteroatoms. The Labute approximate surface area is 118 Å². The zero-order valence-electron chi connectivity index (χ0n) is 11.7. The number of hydrogen-bond acceptors (Lipinski definition) is 3. The van der Waals surface area contributed by atoms with Gasteiger partial charge < -0.3 is 16.4 Å². The molecule has 2 atom stereocenters. The molecule has 0 spiro atoms. The van der Waals surface area contributed by atoms with Crippen molar-refractivity contribution >= 4 is 11.8 Å². The first-order chi connectivity index (χ1) is 9.54. The molecule has 20 heavy (non-hydrogen) atoms. The fourth-order valence-electron chi connectivity index (χ4n) is 2.47. The summed E-state index contributed by atoms with van der Waals surface area (Å²) < 4.78 is 0. The van der Waals surface area contributed by atoms with Gasteiger partial charge in [0.05, 0.1) is 5.92 Å². The third-order valence-corrected chi connectivity index (χ3v) is 3.88. The topological polar surface area (TPSA) is 84.2 Å². The fourth-order valence-corrected chi connectivity index (χ4v) is 2.47. The maximum absolute atomic E-state index is 12.3. The highest BCUT2D eigenvalue weighted by Crippen LogP contribution is 2.22. The van der Waals surface area contributed by atoms with Crippen molar-refractivity contribution in [2.75, 3.05) is 13.1 Å². The number of piperidine rings is 1. The molecule has 1 aliphatic rings. The number of benzene rings is 1. The van der Waals surface area contributed by atoms with Gasteiger partial charge in [-0.05, 0) is 31.9 Å². The van der Waals surface area contributed by atoms with Crippen molar-refractivity contribution in [3.8, 4) is 0 Å². The zero-order valence-corrected chi connectivity index (χ0v) is 11.7. The molecule has 1 saturated heterocycles. The minimum Gasteiger partial charge on any atom is -0.367 e. The van der Waals surface area contributed by atoms with Crippen LogP contribution in [0.5, 0.6) is 0 Å². The van der Waals surface area contributed by atoms with E-state index in [0.29, 0.717) is 12.1 Å². The van der Waals surface area contributed by atoms with Gasteiger partial charge in [-0.2, -0.15) is 0 Å². The average Bonchev–Trinajstić information content (AvgIpc) is 2.48. The van der Waals surface area contributed by atoms with Crippen LogP contribution in [0.4, 0.5) is 0 Å². The van der Waals surface area contributed by atoms with Crippen molar-refractivity contribution in [2.45, 2.75) is 25.3 Å². The highest BCUT2D eigenvalue weighted by atomic mass is 16.2. The summed E-state index contributed by atoms with van der Waals surface area (Å²) in [4.78, 5) is 24.2. The van der Waals surface area contributed by atoms with Crippen molar-refractivity contribution in [3.63, 3.8) is 0 Å². The van der Waals surface area contributed by atoms with Crippen LogP contribution >= 0.6 is 0 Å². The molecular formula is C15H21N3O2. The maximum Gasteiger partial charge on any atom is 0.247 e. The van der Waals surface area contributed by atoms with Crippen molar-refractivity contribution in [3.05, 3.63) is 35.9 Å². The summed E-state index contributed by atoms with van der Waals surface area (Å²) in [5.41, 5.74) is 5.04. The molecule has 4 N–H and O–H groups in total. The van der Waals surface area contributed by atoms with E-state index in [4.69, 9.17) is 5.73 Å². The molecule has 0 bridgehead atoms. The van der Waals surface area contributed by atoms with Crippen LogP contribution in [0.1, 0.15) is 25.3 Å². The van der Waals surface area contributed by atoms with Crippen molar-refractivity contribution in [1.29, 1.82) is 0 Å². The third kappa shape index (κ3) is 2.99. The van der Waals surface area contributed by atoms with Gasteiger partial charge in [-0.15, -0.1) is 0 Å². The molecule has 0 aliphatic carbocycles. The van der Waals surface area contributed by atoms with E-state index in [2.05, 4.69) is 10.6 Å². The van der Waals surface area contributed by atoms with Crippen LogP contribution in [-0.2, 0) is 15.1 Å². The molecule has 0 radical (unpaired) electrons. The van der Waals surface area contributed by atoms with E-state index < -0.39 is 11.4 Å². The number of nitrogens with two attached hydrogens (primary N) is 1. The van der Waals surface area contributed by atoms with E-state index in [1.54, 1.807) is 19.1 Å². The SMILES string of the molecule is CC(NC(=O)C1CCCNC1)(C(N)=O)c1ccccc1. The van der Waals surface area contributed by atoms with E-state index in [9.17, 15) is 9.59 Å². The van der Waals surface area contributed by atoms with Crippen molar-refractivity contribution in [1.82, 2.24) is 10.6 Å². The first-order valence-electron chi connectivity index (χ1n) is 6.92. The monoisotopic (exact) mass is 275 g/mol. The zero-order chi connectivity index (χ0) is 14.6. The number of nitrogens with one attached hydrogen (secondary N) is 2. The highest BCUT2D eigenvalue weighted by Gasteiger charge is 2.36. The number of hydrogen-bond donors (Lipinski definition) is 3. The standard InChI is InChI=1S/C15H21N3O2/c1-15(14(16)20,12-7-3-2-4-8-12)18-13(19)11-6-5-9-17-10-11/h2-4,7-8,11,17H,5-6,9-10H2,1H3,(H2,16,20)(H,18,19). The number of amides is 2. The maximum atomic E-state index is 12.3. The van der Waals surface area contributed by atoms with Crippen molar-refractivity contribution in [2.24, 2.45) is 11.7 Å². The Morgan fingerprint density at radius 1 is 1.35 bits per heavy atom. The molecule has 0 aromatic heterocycles. The second-order valence-electron chi connectivity index (χ2n) is 5.39. The van der Waals surface area contributed by atoms with Gasteiger partial charge in [-0.3, -0.25) is 9.59 Å². The number of carbonyl (C=O) groups is 2. The van der Waals surface area contributed by atoms with Gasteiger partial charge in [0.1, 0.15) is 5.54 Å². The Hall–Kier alpha value is -1.88. The molecule has 2 unspecified atom stereocenters. The minimum atomic E-state index is -1.17. The first-order valence-corrected chi connectivity index (χ1v) is 6.92. The van der Waals surface area contributed by atoms with Crippen LogP contribution in [0.25, 0.3) is 0 Å². The van der Waals surface area contributed by atoms with Gasteiger partial charge >= 0.3 is 0 Å². The highest BCUT2D eigenvalue weighted by molar-refractivity contribution is 5.91. The largest absolute Gasteiger partial charge is 0.367 e. The summed E-state index contributed by atoms with van der Waals surface area (Å²) in [6.45, 7) is 3.24. The van der Waals surface area contributed by atoms with Crippen LogP contribution in [0, 0.1) is 5.92 Å². The summed E-state index contributed by atoms with van der Waals surface area (Å²) in [6.07, 6.45) is 1.80. The lowest BCUT2D eigenvalue weighted by molar-refractivity contribution is -0.133. The molecule has 108 valence electrons. The number of rotatable bonds is 4. The summed E-state index contributed by atoms with van der Waals surface area (Å²) >= 11 is 0. The smallest absolute Gasteiger partial charge is 0.247 e. The van der Waals surface area contributed by atoms with Crippen LogP contribution in [0.3, 0.4) is 0 Å². The summed E-state index contributed by atoms with van der Waals surface area (Å²) in [6, 6.07) is 9.10. The van der Waals surface area contributed by atoms with E-state index in [-0.39, 0.29) is 11.8 Å². The van der Waals surface area contributed by atoms with Gasteiger partial charge in [-0.1, -0.05) is 30.3 Å². The van der Waals surface area contributed by atoms with Gasteiger partial charge in [0, 0.05) is 6.54 Å². The van der Waals surface area contributed by atoms with Crippen LogP contribution < -0.4 is 16.4 Å². The Morgan fingerprint density at radius 2 is 2.05 bits per heavy atom. The van der Waals surface area contributed by atoms with Gasteiger partial charge in [0.2, 0.25) is 11.8 Å². The molecule has 1 aliphatic heterocycles. The molecule has 1 aromatic carbocycles. The van der Waals surface area contributed by atoms with Crippen LogP contribution in [0.2, 0.25) is 0 Å². The quantitative estimate of drug-likeness (QED) is 0.748. The van der Waals surface area contributed by atoms with E-state index in [1.807, 2.05) is 18.2 Å². The Kier molecular flexibility index (Phi) is 4.39. The predicted molar refractivity (Wildman–Crippen MR) is 76.7 cm³/mol. The van der Waals surface area contributed by atoms with Gasteiger partial charge in [0.15, 0.2) is 0 Å². The Balaban J connectivity index is 2.17. The number of carbonyl (C=O) groups excluding carboxylic acids is 2. The molecule has 2 rings (SSSR count). The molecule has 0 saturated carbocycles. The van der Waals surface area contributed by atoms with Crippen LogP contribution in [0.15, 0.2) is 30.3 Å². The second-order valence-corrected chi connectivity index (χ2v) is 5.39.